The minimum Gasteiger partial charge on any atom is -0.310 e. The van der Waals surface area contributed by atoms with Crippen LogP contribution >= 0.6 is 34.8 Å². The van der Waals surface area contributed by atoms with Crippen LogP contribution in [0.2, 0.25) is 15.1 Å². The quantitative estimate of drug-likeness (QED) is 0.518. The van der Waals surface area contributed by atoms with E-state index in [1.165, 1.54) is 38.5 Å². The predicted octanol–water partition coefficient (Wildman–Crippen LogP) is 6.10. The molecule has 20 heavy (non-hydrogen) atoms. The van der Waals surface area contributed by atoms with Crippen LogP contribution in [0.1, 0.15) is 51.0 Å². The van der Waals surface area contributed by atoms with Gasteiger partial charge in [0.15, 0.2) is 0 Å². The van der Waals surface area contributed by atoms with E-state index in [0.717, 1.165) is 11.5 Å². The van der Waals surface area contributed by atoms with Crippen LogP contribution in [0.15, 0.2) is 12.1 Å². The van der Waals surface area contributed by atoms with Gasteiger partial charge in [0, 0.05) is 23.2 Å². The molecule has 0 aromatic heterocycles. The lowest BCUT2D eigenvalue weighted by Crippen LogP contribution is -2.33. The highest BCUT2D eigenvalue weighted by molar-refractivity contribution is 6.44. The molecule has 0 aliphatic heterocycles. The Morgan fingerprint density at radius 2 is 1.65 bits per heavy atom. The lowest BCUT2D eigenvalue weighted by Gasteiger charge is -2.24. The van der Waals surface area contributed by atoms with Gasteiger partial charge in [0.1, 0.15) is 0 Å². The third kappa shape index (κ3) is 4.27. The molecular weight excluding hydrogens is 313 g/mol. The van der Waals surface area contributed by atoms with Gasteiger partial charge in [-0.1, -0.05) is 60.5 Å². The van der Waals surface area contributed by atoms with Gasteiger partial charge < -0.3 is 5.32 Å². The van der Waals surface area contributed by atoms with Gasteiger partial charge in [0.25, 0.3) is 0 Å². The van der Waals surface area contributed by atoms with Crippen molar-refractivity contribution in [1.29, 1.82) is 0 Å². The van der Waals surface area contributed by atoms with Crippen molar-refractivity contribution in [3.63, 3.8) is 0 Å². The Hall–Kier alpha value is 0.0500. The molecule has 0 unspecified atom stereocenters. The summed E-state index contributed by atoms with van der Waals surface area (Å²) in [7, 11) is 0. The van der Waals surface area contributed by atoms with Crippen molar-refractivity contribution in [2.45, 2.75) is 58.0 Å². The van der Waals surface area contributed by atoms with E-state index in [1.807, 2.05) is 6.07 Å². The van der Waals surface area contributed by atoms with Gasteiger partial charge in [-0.15, -0.1) is 0 Å². The molecule has 0 bridgehead atoms. The molecule has 0 heterocycles. The first-order valence-electron chi connectivity index (χ1n) is 7.45. The second kappa shape index (κ2) is 7.89. The lowest BCUT2D eigenvalue weighted by atomic mass is 9.93. The molecular formula is C16H22Cl3N. The number of benzene rings is 1. The molecule has 1 atom stereocenters. The van der Waals surface area contributed by atoms with Crippen LogP contribution in [0.4, 0.5) is 0 Å². The largest absolute Gasteiger partial charge is 0.310 e. The minimum absolute atomic E-state index is 0.485. The van der Waals surface area contributed by atoms with Crippen LogP contribution < -0.4 is 5.32 Å². The van der Waals surface area contributed by atoms with Crippen LogP contribution in [0.25, 0.3) is 0 Å². The van der Waals surface area contributed by atoms with E-state index in [1.54, 1.807) is 6.07 Å². The molecule has 4 heteroatoms. The topological polar surface area (TPSA) is 12.0 Å². The van der Waals surface area contributed by atoms with E-state index < -0.39 is 0 Å². The van der Waals surface area contributed by atoms with Gasteiger partial charge in [-0.05, 0) is 37.8 Å². The zero-order valence-electron chi connectivity index (χ0n) is 11.9. The summed E-state index contributed by atoms with van der Waals surface area (Å²) < 4.78 is 0. The predicted molar refractivity (Wildman–Crippen MR) is 89.0 cm³/mol. The Labute approximate surface area is 137 Å². The fraction of sp³-hybridized carbons (Fsp3) is 0.625. The van der Waals surface area contributed by atoms with Crippen molar-refractivity contribution >= 4 is 34.8 Å². The maximum absolute atomic E-state index is 6.24. The van der Waals surface area contributed by atoms with Gasteiger partial charge in [-0.2, -0.15) is 0 Å². The lowest BCUT2D eigenvalue weighted by molar-refractivity contribution is 0.337. The smallest absolute Gasteiger partial charge is 0.0652 e. The number of halogens is 3. The van der Waals surface area contributed by atoms with Crippen molar-refractivity contribution in [2.24, 2.45) is 5.92 Å². The molecule has 0 spiro atoms. The van der Waals surface area contributed by atoms with E-state index in [0.29, 0.717) is 27.7 Å². The standard InChI is InChI=1S/C16H22Cl3N/c1-11(12-6-4-2-3-5-7-12)20-10-13-14(17)8-9-15(18)16(13)19/h8-9,11-12,20H,2-7,10H2,1H3/t11-/m0/s1. The van der Waals surface area contributed by atoms with Crippen LogP contribution in [-0.4, -0.2) is 6.04 Å². The Balaban J connectivity index is 1.96. The molecule has 112 valence electrons. The third-order valence-electron chi connectivity index (χ3n) is 4.35. The summed E-state index contributed by atoms with van der Waals surface area (Å²) >= 11 is 18.5. The first-order chi connectivity index (χ1) is 9.59. The van der Waals surface area contributed by atoms with Gasteiger partial charge >= 0.3 is 0 Å². The van der Waals surface area contributed by atoms with Crippen molar-refractivity contribution in [2.75, 3.05) is 0 Å². The third-order valence-corrected chi connectivity index (χ3v) is 5.54. The summed E-state index contributed by atoms with van der Waals surface area (Å²) in [4.78, 5) is 0. The Bertz CT molecular complexity index is 440. The van der Waals surface area contributed by atoms with E-state index >= 15 is 0 Å². The fourth-order valence-electron chi connectivity index (χ4n) is 2.97. The Morgan fingerprint density at radius 1 is 1.05 bits per heavy atom. The van der Waals surface area contributed by atoms with Crippen molar-refractivity contribution < 1.29 is 0 Å². The van der Waals surface area contributed by atoms with Crippen LogP contribution in [-0.2, 0) is 6.54 Å². The molecule has 1 aliphatic rings. The summed E-state index contributed by atoms with van der Waals surface area (Å²) in [6.07, 6.45) is 8.13. The van der Waals surface area contributed by atoms with E-state index in [2.05, 4.69) is 12.2 Å². The molecule has 1 N–H and O–H groups in total. The average Bonchev–Trinajstić information content (AvgIpc) is 2.72. The molecule has 0 saturated heterocycles. The number of nitrogens with one attached hydrogen (secondary N) is 1. The van der Waals surface area contributed by atoms with Crippen LogP contribution in [0.5, 0.6) is 0 Å². The highest BCUT2D eigenvalue weighted by Crippen LogP contribution is 2.32. The number of hydrogen-bond donors (Lipinski definition) is 1. The summed E-state index contributed by atoms with van der Waals surface area (Å²) in [5.41, 5.74) is 0.904. The first-order valence-corrected chi connectivity index (χ1v) is 8.58. The molecule has 1 fully saturated rings. The van der Waals surface area contributed by atoms with E-state index in [4.69, 9.17) is 34.8 Å². The highest BCUT2D eigenvalue weighted by Gasteiger charge is 2.19. The fourth-order valence-corrected chi connectivity index (χ4v) is 3.65. The van der Waals surface area contributed by atoms with Gasteiger partial charge in [-0.3, -0.25) is 0 Å². The molecule has 0 radical (unpaired) electrons. The number of rotatable bonds is 4. The number of hydrogen-bond acceptors (Lipinski definition) is 1. The molecule has 1 aromatic carbocycles. The molecule has 2 rings (SSSR count). The Kier molecular flexibility index (Phi) is 6.48. The SMILES string of the molecule is C[C@H](NCc1c(Cl)ccc(Cl)c1Cl)C1CCCCCC1. The highest BCUT2D eigenvalue weighted by atomic mass is 35.5. The zero-order chi connectivity index (χ0) is 14.5. The summed E-state index contributed by atoms with van der Waals surface area (Å²) in [6.45, 7) is 2.94. The van der Waals surface area contributed by atoms with Gasteiger partial charge in [-0.25, -0.2) is 0 Å². The zero-order valence-corrected chi connectivity index (χ0v) is 14.2. The molecule has 1 nitrogen and oxygen atoms in total. The van der Waals surface area contributed by atoms with Crippen LogP contribution in [0.3, 0.4) is 0 Å². The maximum Gasteiger partial charge on any atom is 0.0652 e. The van der Waals surface area contributed by atoms with Gasteiger partial charge in [0.05, 0.1) is 10.0 Å². The first kappa shape index (κ1) is 16.4. The van der Waals surface area contributed by atoms with E-state index in [9.17, 15) is 0 Å². The van der Waals surface area contributed by atoms with E-state index in [-0.39, 0.29) is 0 Å². The summed E-state index contributed by atoms with van der Waals surface area (Å²) in [5, 5.41) is 5.39. The molecule has 1 aliphatic carbocycles. The maximum atomic E-state index is 6.24. The molecule has 0 amide bonds. The van der Waals surface area contributed by atoms with Crippen molar-refractivity contribution in [3.05, 3.63) is 32.8 Å². The second-order valence-corrected chi connectivity index (χ2v) is 6.94. The molecule has 1 saturated carbocycles. The van der Waals surface area contributed by atoms with Gasteiger partial charge in [0.2, 0.25) is 0 Å². The second-order valence-electron chi connectivity index (χ2n) is 5.74. The average molecular weight is 335 g/mol. The monoisotopic (exact) mass is 333 g/mol. The summed E-state index contributed by atoms with van der Waals surface area (Å²) in [5.74, 6) is 0.759. The Morgan fingerprint density at radius 3 is 2.30 bits per heavy atom. The van der Waals surface area contributed by atoms with Crippen molar-refractivity contribution in [1.82, 2.24) is 5.32 Å². The summed E-state index contributed by atoms with van der Waals surface area (Å²) in [6, 6.07) is 4.03. The minimum atomic E-state index is 0.485. The van der Waals surface area contributed by atoms with Crippen LogP contribution in [0, 0.1) is 5.92 Å². The molecule has 1 aromatic rings. The normalized spacial score (nSPS) is 18.8. The van der Waals surface area contributed by atoms with Crippen molar-refractivity contribution in [3.8, 4) is 0 Å².